The molecule has 1 heterocycles. The Bertz CT molecular complexity index is 151. The molecule has 3 nitrogen and oxygen atoms in total. The second-order valence-corrected chi connectivity index (χ2v) is 3.00. The molecule has 0 bridgehead atoms. The summed E-state index contributed by atoms with van der Waals surface area (Å²) >= 11 is 0. The van der Waals surface area contributed by atoms with E-state index >= 15 is 0 Å². The Morgan fingerprint density at radius 3 is 2.00 bits per heavy atom. The molecule has 0 atom stereocenters. The normalized spacial score (nSPS) is 20.0. The molecule has 1 aliphatic heterocycles. The first-order valence-corrected chi connectivity index (χ1v) is 4.99. The summed E-state index contributed by atoms with van der Waals surface area (Å²) in [6.45, 7) is 7.03. The Labute approximate surface area is 80.8 Å². The Hall–Kier alpha value is -0.410. The SMILES string of the molecule is CC.CNC1(C(C)=O)CCOCC1. The zero-order valence-electron chi connectivity index (χ0n) is 9.14. The number of ketones is 1. The molecule has 1 fully saturated rings. The first kappa shape index (κ1) is 12.6. The zero-order chi connectivity index (χ0) is 10.3. The molecule has 1 N–H and O–H groups in total. The summed E-state index contributed by atoms with van der Waals surface area (Å²) in [5, 5.41) is 3.09. The molecule has 3 heteroatoms. The van der Waals surface area contributed by atoms with Gasteiger partial charge in [0.25, 0.3) is 0 Å². The van der Waals surface area contributed by atoms with Crippen molar-refractivity contribution >= 4 is 5.78 Å². The van der Waals surface area contributed by atoms with Gasteiger partial charge in [0.05, 0.1) is 5.54 Å². The van der Waals surface area contributed by atoms with Crippen molar-refractivity contribution in [2.75, 3.05) is 20.3 Å². The molecule has 0 amide bonds. The zero-order valence-corrected chi connectivity index (χ0v) is 9.14. The van der Waals surface area contributed by atoms with Crippen LogP contribution in [0.15, 0.2) is 0 Å². The van der Waals surface area contributed by atoms with E-state index in [9.17, 15) is 4.79 Å². The molecule has 0 aromatic rings. The molecule has 0 unspecified atom stereocenters. The lowest BCUT2D eigenvalue weighted by Gasteiger charge is -2.34. The second kappa shape index (κ2) is 6.11. The third-order valence-corrected chi connectivity index (χ3v) is 2.50. The van der Waals surface area contributed by atoms with Gasteiger partial charge in [0.15, 0.2) is 0 Å². The summed E-state index contributed by atoms with van der Waals surface area (Å²) in [5.74, 6) is 0.225. The average molecular weight is 187 g/mol. The number of hydrogen-bond acceptors (Lipinski definition) is 3. The maximum absolute atomic E-state index is 11.2. The van der Waals surface area contributed by atoms with Gasteiger partial charge in [-0.1, -0.05) is 13.8 Å². The van der Waals surface area contributed by atoms with Gasteiger partial charge in [-0.25, -0.2) is 0 Å². The smallest absolute Gasteiger partial charge is 0.149 e. The van der Waals surface area contributed by atoms with E-state index in [-0.39, 0.29) is 11.3 Å². The van der Waals surface area contributed by atoms with Crippen LogP contribution in [0.5, 0.6) is 0 Å². The van der Waals surface area contributed by atoms with E-state index in [0.717, 1.165) is 12.8 Å². The summed E-state index contributed by atoms with van der Waals surface area (Å²) in [6.07, 6.45) is 1.61. The molecule has 0 spiro atoms. The van der Waals surface area contributed by atoms with Crippen molar-refractivity contribution in [3.05, 3.63) is 0 Å². The van der Waals surface area contributed by atoms with Crippen LogP contribution in [0.25, 0.3) is 0 Å². The highest BCUT2D eigenvalue weighted by Gasteiger charge is 2.35. The number of hydrogen-bond donors (Lipinski definition) is 1. The molecule has 0 aliphatic carbocycles. The van der Waals surface area contributed by atoms with E-state index in [1.807, 2.05) is 20.9 Å². The third-order valence-electron chi connectivity index (χ3n) is 2.50. The number of likely N-dealkylation sites (N-methyl/N-ethyl adjacent to an activating group) is 1. The van der Waals surface area contributed by atoms with Gasteiger partial charge in [0.2, 0.25) is 0 Å². The van der Waals surface area contributed by atoms with Crippen molar-refractivity contribution < 1.29 is 9.53 Å². The lowest BCUT2D eigenvalue weighted by molar-refractivity contribution is -0.126. The highest BCUT2D eigenvalue weighted by molar-refractivity contribution is 5.86. The molecule has 0 saturated carbocycles. The van der Waals surface area contributed by atoms with Gasteiger partial charge in [-0.3, -0.25) is 4.79 Å². The Balaban J connectivity index is 0.000000671. The first-order chi connectivity index (χ1) is 6.21. The summed E-state index contributed by atoms with van der Waals surface area (Å²) in [6, 6.07) is 0. The number of rotatable bonds is 2. The van der Waals surface area contributed by atoms with Crippen LogP contribution in [0.1, 0.15) is 33.6 Å². The van der Waals surface area contributed by atoms with Crippen molar-refractivity contribution in [1.29, 1.82) is 0 Å². The average Bonchev–Trinajstić information content (AvgIpc) is 2.21. The quantitative estimate of drug-likeness (QED) is 0.709. The van der Waals surface area contributed by atoms with E-state index in [4.69, 9.17) is 4.74 Å². The predicted octanol–water partition coefficient (Wildman–Crippen LogP) is 1.37. The molecular weight excluding hydrogens is 166 g/mol. The van der Waals surface area contributed by atoms with E-state index in [1.165, 1.54) is 0 Å². The van der Waals surface area contributed by atoms with Crippen LogP contribution < -0.4 is 5.32 Å². The third kappa shape index (κ3) is 3.08. The molecule has 0 radical (unpaired) electrons. The maximum Gasteiger partial charge on any atom is 0.149 e. The van der Waals surface area contributed by atoms with Gasteiger partial charge in [0, 0.05) is 13.2 Å². The van der Waals surface area contributed by atoms with Gasteiger partial charge in [0.1, 0.15) is 5.78 Å². The van der Waals surface area contributed by atoms with Crippen LogP contribution >= 0.6 is 0 Å². The van der Waals surface area contributed by atoms with Gasteiger partial charge in [-0.15, -0.1) is 0 Å². The van der Waals surface area contributed by atoms with Crippen LogP contribution in [0.2, 0.25) is 0 Å². The fourth-order valence-corrected chi connectivity index (χ4v) is 1.50. The number of carbonyl (C=O) groups excluding carboxylic acids is 1. The number of carbonyl (C=O) groups is 1. The van der Waals surface area contributed by atoms with Gasteiger partial charge in [-0.2, -0.15) is 0 Å². The van der Waals surface area contributed by atoms with Crippen molar-refractivity contribution in [2.45, 2.75) is 39.2 Å². The monoisotopic (exact) mass is 187 g/mol. The first-order valence-electron chi connectivity index (χ1n) is 4.99. The standard InChI is InChI=1S/C8H15NO2.C2H6/c1-7(10)8(9-2)3-5-11-6-4-8;1-2/h9H,3-6H2,1-2H3;1-2H3. The predicted molar refractivity (Wildman–Crippen MR) is 53.9 cm³/mol. The van der Waals surface area contributed by atoms with E-state index in [2.05, 4.69) is 5.32 Å². The van der Waals surface area contributed by atoms with Gasteiger partial charge >= 0.3 is 0 Å². The summed E-state index contributed by atoms with van der Waals surface area (Å²) < 4.78 is 5.18. The van der Waals surface area contributed by atoms with Crippen LogP contribution in [0.4, 0.5) is 0 Å². The van der Waals surface area contributed by atoms with Gasteiger partial charge < -0.3 is 10.1 Å². The summed E-state index contributed by atoms with van der Waals surface area (Å²) in [5.41, 5.74) is -0.293. The number of ether oxygens (including phenoxy) is 1. The topological polar surface area (TPSA) is 38.3 Å². The number of Topliss-reactive ketones (excluding diaryl/α,β-unsaturated/α-hetero) is 1. The molecule has 78 valence electrons. The van der Waals surface area contributed by atoms with Crippen molar-refractivity contribution in [3.8, 4) is 0 Å². The Morgan fingerprint density at radius 1 is 1.31 bits per heavy atom. The largest absolute Gasteiger partial charge is 0.381 e. The minimum atomic E-state index is -0.293. The Morgan fingerprint density at radius 2 is 1.77 bits per heavy atom. The van der Waals surface area contributed by atoms with E-state index < -0.39 is 0 Å². The minimum Gasteiger partial charge on any atom is -0.381 e. The highest BCUT2D eigenvalue weighted by atomic mass is 16.5. The van der Waals surface area contributed by atoms with Crippen molar-refractivity contribution in [3.63, 3.8) is 0 Å². The fourth-order valence-electron chi connectivity index (χ4n) is 1.50. The van der Waals surface area contributed by atoms with E-state index in [1.54, 1.807) is 6.92 Å². The van der Waals surface area contributed by atoms with Crippen LogP contribution in [-0.4, -0.2) is 31.6 Å². The van der Waals surface area contributed by atoms with Crippen molar-refractivity contribution in [1.82, 2.24) is 5.32 Å². The molecule has 1 rings (SSSR count). The minimum absolute atomic E-state index is 0.225. The molecule has 1 aliphatic rings. The highest BCUT2D eigenvalue weighted by Crippen LogP contribution is 2.20. The molecular formula is C10H21NO2. The number of nitrogens with one attached hydrogen (secondary N) is 1. The summed E-state index contributed by atoms with van der Waals surface area (Å²) in [4.78, 5) is 11.2. The van der Waals surface area contributed by atoms with Crippen LogP contribution in [0.3, 0.4) is 0 Å². The van der Waals surface area contributed by atoms with Crippen LogP contribution in [0, 0.1) is 0 Å². The van der Waals surface area contributed by atoms with Crippen molar-refractivity contribution in [2.24, 2.45) is 0 Å². The van der Waals surface area contributed by atoms with Crippen LogP contribution in [-0.2, 0) is 9.53 Å². The summed E-state index contributed by atoms with van der Waals surface area (Å²) in [7, 11) is 1.84. The maximum atomic E-state index is 11.2. The Kier molecular flexibility index (Phi) is 5.91. The lowest BCUT2D eigenvalue weighted by Crippen LogP contribution is -2.52. The molecule has 1 saturated heterocycles. The molecule has 0 aromatic carbocycles. The molecule has 13 heavy (non-hydrogen) atoms. The van der Waals surface area contributed by atoms with E-state index in [0.29, 0.717) is 13.2 Å². The fraction of sp³-hybridized carbons (Fsp3) is 0.900. The second-order valence-electron chi connectivity index (χ2n) is 3.00. The lowest BCUT2D eigenvalue weighted by atomic mass is 9.86. The molecule has 0 aromatic heterocycles. The van der Waals surface area contributed by atoms with Gasteiger partial charge in [-0.05, 0) is 26.8 Å².